The fourth-order valence-electron chi connectivity index (χ4n) is 2.33. The van der Waals surface area contributed by atoms with Crippen molar-refractivity contribution in [3.05, 3.63) is 63.9 Å². The van der Waals surface area contributed by atoms with Crippen LogP contribution in [-0.2, 0) is 0 Å². The summed E-state index contributed by atoms with van der Waals surface area (Å²) < 4.78 is 14.8. The van der Waals surface area contributed by atoms with Crippen molar-refractivity contribution >= 4 is 27.4 Å². The Labute approximate surface area is 132 Å². The van der Waals surface area contributed by atoms with E-state index in [0.29, 0.717) is 11.1 Å². The second-order valence-corrected chi connectivity index (χ2v) is 5.94. The van der Waals surface area contributed by atoms with Crippen LogP contribution in [0.2, 0.25) is 0 Å². The molecule has 0 aliphatic carbocycles. The summed E-state index contributed by atoms with van der Waals surface area (Å²) in [6.45, 7) is 3.46. The Morgan fingerprint density at radius 2 is 1.90 bits per heavy atom. The molecule has 0 aliphatic rings. The summed E-state index contributed by atoms with van der Waals surface area (Å²) in [4.78, 5) is 13.7. The number of hydrogen-bond acceptors (Lipinski definition) is 2. The largest absolute Gasteiger partial charge is 0.367 e. The van der Waals surface area contributed by atoms with Crippen molar-refractivity contribution in [1.29, 1.82) is 0 Å². The second-order valence-electron chi connectivity index (χ2n) is 5.03. The number of ketones is 1. The highest BCUT2D eigenvalue weighted by Crippen LogP contribution is 2.31. The molecule has 0 aromatic heterocycles. The van der Waals surface area contributed by atoms with Crippen molar-refractivity contribution in [2.24, 2.45) is 0 Å². The maximum absolute atomic E-state index is 13.9. The molecule has 1 atom stereocenters. The third kappa shape index (κ3) is 3.32. The van der Waals surface area contributed by atoms with Gasteiger partial charge in [0, 0.05) is 28.3 Å². The Bertz CT molecular complexity index is 672. The first kappa shape index (κ1) is 15.7. The molecule has 110 valence electrons. The minimum Gasteiger partial charge on any atom is -0.367 e. The number of hydrogen-bond donors (Lipinski definition) is 0. The molecular weight excluding hydrogens is 333 g/mol. The standard InChI is InChI=1S/C17H17BrFNO/c1-11(14-6-4-5-7-16(14)19)20(3)17-9-8-13(18)10-15(17)12(2)21/h4-11H,1-3H3. The molecule has 0 aliphatic heterocycles. The van der Waals surface area contributed by atoms with Crippen LogP contribution in [0.1, 0.15) is 35.8 Å². The van der Waals surface area contributed by atoms with Gasteiger partial charge in [-0.2, -0.15) is 0 Å². The zero-order valence-corrected chi connectivity index (χ0v) is 13.8. The third-order valence-corrected chi connectivity index (χ3v) is 4.15. The lowest BCUT2D eigenvalue weighted by Gasteiger charge is -2.29. The zero-order chi connectivity index (χ0) is 15.6. The number of nitrogens with zero attached hydrogens (tertiary/aromatic N) is 1. The lowest BCUT2D eigenvalue weighted by molar-refractivity contribution is 0.101. The molecule has 2 aromatic carbocycles. The first-order valence-electron chi connectivity index (χ1n) is 6.69. The molecule has 0 N–H and O–H groups in total. The first-order valence-corrected chi connectivity index (χ1v) is 7.49. The number of Topliss-reactive ketones (excluding diaryl/α,β-unsaturated/α-hetero) is 1. The summed E-state index contributed by atoms with van der Waals surface area (Å²) in [5.74, 6) is -0.253. The predicted octanol–water partition coefficient (Wildman–Crippen LogP) is 4.99. The van der Waals surface area contributed by atoms with E-state index in [2.05, 4.69) is 15.9 Å². The summed E-state index contributed by atoms with van der Waals surface area (Å²) in [6.07, 6.45) is 0. The Morgan fingerprint density at radius 3 is 2.52 bits per heavy atom. The van der Waals surface area contributed by atoms with Gasteiger partial charge in [-0.25, -0.2) is 4.39 Å². The van der Waals surface area contributed by atoms with E-state index in [1.165, 1.54) is 13.0 Å². The highest BCUT2D eigenvalue weighted by molar-refractivity contribution is 9.10. The number of benzene rings is 2. The Kier molecular flexibility index (Phi) is 4.78. The topological polar surface area (TPSA) is 20.3 Å². The van der Waals surface area contributed by atoms with Crippen LogP contribution in [0.25, 0.3) is 0 Å². The van der Waals surface area contributed by atoms with Crippen LogP contribution in [0.3, 0.4) is 0 Å². The Balaban J connectivity index is 2.43. The summed E-state index contributed by atoms with van der Waals surface area (Å²) in [5, 5.41) is 0. The zero-order valence-electron chi connectivity index (χ0n) is 12.2. The summed E-state index contributed by atoms with van der Waals surface area (Å²) in [6, 6.07) is 12.1. The van der Waals surface area contributed by atoms with Crippen molar-refractivity contribution in [1.82, 2.24) is 0 Å². The average molecular weight is 350 g/mol. The SMILES string of the molecule is CC(=O)c1cc(Br)ccc1N(C)C(C)c1ccccc1F. The van der Waals surface area contributed by atoms with E-state index >= 15 is 0 Å². The van der Waals surface area contributed by atoms with Gasteiger partial charge in [0.05, 0.1) is 6.04 Å². The van der Waals surface area contributed by atoms with Crippen molar-refractivity contribution in [2.45, 2.75) is 19.9 Å². The monoisotopic (exact) mass is 349 g/mol. The van der Waals surface area contributed by atoms with Crippen molar-refractivity contribution < 1.29 is 9.18 Å². The van der Waals surface area contributed by atoms with Gasteiger partial charge in [0.2, 0.25) is 0 Å². The first-order chi connectivity index (χ1) is 9.91. The van der Waals surface area contributed by atoms with Gasteiger partial charge in [-0.3, -0.25) is 4.79 Å². The molecule has 0 heterocycles. The highest BCUT2D eigenvalue weighted by atomic mass is 79.9. The fraction of sp³-hybridized carbons (Fsp3) is 0.235. The summed E-state index contributed by atoms with van der Waals surface area (Å²) >= 11 is 3.38. The van der Waals surface area contributed by atoms with E-state index in [4.69, 9.17) is 0 Å². The Morgan fingerprint density at radius 1 is 1.24 bits per heavy atom. The predicted molar refractivity (Wildman–Crippen MR) is 87.4 cm³/mol. The molecule has 0 amide bonds. The molecule has 2 aromatic rings. The molecule has 0 spiro atoms. The van der Waals surface area contributed by atoms with Crippen molar-refractivity contribution in [3.8, 4) is 0 Å². The summed E-state index contributed by atoms with van der Waals surface area (Å²) in [7, 11) is 1.87. The van der Waals surface area contributed by atoms with E-state index < -0.39 is 0 Å². The van der Waals surface area contributed by atoms with Gasteiger partial charge in [0.1, 0.15) is 5.82 Å². The van der Waals surface area contributed by atoms with Gasteiger partial charge in [-0.05, 0) is 38.1 Å². The molecule has 4 heteroatoms. The van der Waals surface area contributed by atoms with Crippen LogP contribution in [0.5, 0.6) is 0 Å². The van der Waals surface area contributed by atoms with E-state index in [1.807, 2.05) is 37.1 Å². The lowest BCUT2D eigenvalue weighted by atomic mass is 10.0. The number of rotatable bonds is 4. The van der Waals surface area contributed by atoms with Gasteiger partial charge in [0.25, 0.3) is 0 Å². The van der Waals surface area contributed by atoms with Crippen LogP contribution in [-0.4, -0.2) is 12.8 Å². The molecular formula is C17H17BrFNO. The molecule has 2 nitrogen and oxygen atoms in total. The maximum Gasteiger partial charge on any atom is 0.161 e. The van der Waals surface area contributed by atoms with E-state index in [9.17, 15) is 9.18 Å². The van der Waals surface area contributed by atoms with Crippen LogP contribution in [0.4, 0.5) is 10.1 Å². The number of carbonyl (C=O) groups is 1. The average Bonchev–Trinajstić information content (AvgIpc) is 2.46. The van der Waals surface area contributed by atoms with Crippen LogP contribution >= 0.6 is 15.9 Å². The van der Waals surface area contributed by atoms with Crippen molar-refractivity contribution in [3.63, 3.8) is 0 Å². The molecule has 0 saturated heterocycles. The smallest absolute Gasteiger partial charge is 0.161 e. The van der Waals surface area contributed by atoms with Gasteiger partial charge < -0.3 is 4.90 Å². The Hall–Kier alpha value is -1.68. The molecule has 1 unspecified atom stereocenters. The lowest BCUT2D eigenvalue weighted by Crippen LogP contribution is -2.24. The summed E-state index contributed by atoms with van der Waals surface area (Å²) in [5.41, 5.74) is 2.02. The van der Waals surface area contributed by atoms with Crippen LogP contribution in [0, 0.1) is 5.82 Å². The normalized spacial score (nSPS) is 12.0. The maximum atomic E-state index is 13.9. The van der Waals surface area contributed by atoms with Gasteiger partial charge in [-0.1, -0.05) is 34.1 Å². The van der Waals surface area contributed by atoms with Crippen LogP contribution in [0.15, 0.2) is 46.9 Å². The van der Waals surface area contributed by atoms with E-state index in [1.54, 1.807) is 18.2 Å². The quantitative estimate of drug-likeness (QED) is 0.724. The van der Waals surface area contributed by atoms with E-state index in [0.717, 1.165) is 10.2 Å². The van der Waals surface area contributed by atoms with Gasteiger partial charge >= 0.3 is 0 Å². The minimum absolute atomic E-state index is 0.0149. The highest BCUT2D eigenvalue weighted by Gasteiger charge is 2.19. The second kappa shape index (κ2) is 6.39. The molecule has 0 radical (unpaired) electrons. The third-order valence-electron chi connectivity index (χ3n) is 3.65. The van der Waals surface area contributed by atoms with Crippen LogP contribution < -0.4 is 4.90 Å². The number of halogens is 2. The van der Waals surface area contributed by atoms with Crippen molar-refractivity contribution in [2.75, 3.05) is 11.9 Å². The minimum atomic E-state index is -0.238. The molecule has 0 saturated carbocycles. The van der Waals surface area contributed by atoms with E-state index in [-0.39, 0.29) is 17.6 Å². The number of carbonyl (C=O) groups excluding carboxylic acids is 1. The molecule has 21 heavy (non-hydrogen) atoms. The fourth-order valence-corrected chi connectivity index (χ4v) is 2.69. The van der Waals surface area contributed by atoms with Gasteiger partial charge in [0.15, 0.2) is 5.78 Å². The molecule has 2 rings (SSSR count). The number of anilines is 1. The molecule has 0 bridgehead atoms. The molecule has 0 fully saturated rings. The van der Waals surface area contributed by atoms with Gasteiger partial charge in [-0.15, -0.1) is 0 Å².